The van der Waals surface area contributed by atoms with Crippen LogP contribution < -0.4 is 5.32 Å². The third-order valence-electron chi connectivity index (χ3n) is 2.99. The molecule has 76 valence electrons. The molecule has 2 atom stereocenters. The molecule has 1 aliphatic rings. The molecule has 0 aliphatic carbocycles. The van der Waals surface area contributed by atoms with Crippen LogP contribution in [0.25, 0.3) is 0 Å². The van der Waals surface area contributed by atoms with Gasteiger partial charge in [0, 0.05) is 25.3 Å². The van der Waals surface area contributed by atoms with Gasteiger partial charge >= 0.3 is 0 Å². The zero-order chi connectivity index (χ0) is 9.97. The number of likely N-dealkylation sites (N-methyl/N-ethyl adjacent to an activating group) is 1. The Morgan fingerprint density at radius 2 is 2.29 bits per heavy atom. The summed E-state index contributed by atoms with van der Waals surface area (Å²) in [4.78, 5) is 6.79. The Balaban J connectivity index is 2.17. The van der Waals surface area contributed by atoms with Gasteiger partial charge in [-0.05, 0) is 26.1 Å². The van der Waals surface area contributed by atoms with Crippen LogP contribution in [0.3, 0.4) is 0 Å². The molecule has 0 saturated carbocycles. The quantitative estimate of drug-likeness (QED) is 0.719. The Morgan fingerprint density at radius 3 is 3.00 bits per heavy atom. The fourth-order valence-electron chi connectivity index (χ4n) is 1.91. The van der Waals surface area contributed by atoms with E-state index < -0.39 is 0 Å². The highest BCUT2D eigenvalue weighted by atomic mass is 15.2. The van der Waals surface area contributed by atoms with Crippen LogP contribution >= 0.6 is 0 Å². The van der Waals surface area contributed by atoms with Gasteiger partial charge in [0.1, 0.15) is 0 Å². The Bertz CT molecular complexity index is 286. The maximum absolute atomic E-state index is 4.41. The monoisotopic (exact) mass is 191 g/mol. The molecule has 2 heterocycles. The molecule has 1 aromatic heterocycles. The smallest absolute Gasteiger partial charge is 0.0647 e. The molecule has 1 unspecified atom stereocenters. The second-order valence-corrected chi connectivity index (χ2v) is 3.94. The van der Waals surface area contributed by atoms with E-state index in [1.807, 2.05) is 12.3 Å². The van der Waals surface area contributed by atoms with Crippen LogP contribution in [-0.2, 0) is 0 Å². The third-order valence-corrected chi connectivity index (χ3v) is 2.99. The molecule has 0 amide bonds. The molecule has 14 heavy (non-hydrogen) atoms. The molecule has 1 aromatic rings. The first-order valence-electron chi connectivity index (χ1n) is 5.12. The fraction of sp³-hybridized carbons (Fsp3) is 0.545. The predicted octanol–water partition coefficient (Wildman–Crippen LogP) is 1.05. The maximum Gasteiger partial charge on any atom is 0.0647 e. The number of pyridine rings is 1. The SMILES string of the molecule is C[C@@H]1CNCC(c2ccccn2)N1C. The average Bonchev–Trinajstić information content (AvgIpc) is 2.23. The van der Waals surface area contributed by atoms with Gasteiger partial charge in [-0.15, -0.1) is 0 Å². The summed E-state index contributed by atoms with van der Waals surface area (Å²) in [6.45, 7) is 4.31. The molecular weight excluding hydrogens is 174 g/mol. The first-order chi connectivity index (χ1) is 6.79. The number of aromatic nitrogens is 1. The van der Waals surface area contributed by atoms with Crippen LogP contribution in [-0.4, -0.2) is 36.1 Å². The van der Waals surface area contributed by atoms with E-state index in [0.29, 0.717) is 12.1 Å². The minimum atomic E-state index is 0.417. The molecule has 3 nitrogen and oxygen atoms in total. The first-order valence-corrected chi connectivity index (χ1v) is 5.12. The van der Waals surface area contributed by atoms with Gasteiger partial charge in [-0.1, -0.05) is 6.07 Å². The molecular formula is C11H17N3. The Kier molecular flexibility index (Phi) is 2.79. The molecule has 0 radical (unpaired) electrons. The van der Waals surface area contributed by atoms with Crippen LogP contribution in [0.1, 0.15) is 18.7 Å². The highest BCUT2D eigenvalue weighted by Gasteiger charge is 2.25. The van der Waals surface area contributed by atoms with Gasteiger partial charge in [0.15, 0.2) is 0 Å². The van der Waals surface area contributed by atoms with E-state index in [1.54, 1.807) is 0 Å². The lowest BCUT2D eigenvalue weighted by atomic mass is 10.1. The number of nitrogens with one attached hydrogen (secondary N) is 1. The van der Waals surface area contributed by atoms with Gasteiger partial charge < -0.3 is 5.32 Å². The lowest BCUT2D eigenvalue weighted by molar-refractivity contribution is 0.138. The second-order valence-electron chi connectivity index (χ2n) is 3.94. The van der Waals surface area contributed by atoms with Crippen molar-refractivity contribution in [3.8, 4) is 0 Å². The van der Waals surface area contributed by atoms with E-state index in [-0.39, 0.29) is 0 Å². The van der Waals surface area contributed by atoms with Crippen molar-refractivity contribution >= 4 is 0 Å². The number of hydrogen-bond acceptors (Lipinski definition) is 3. The third kappa shape index (κ3) is 1.79. The fourth-order valence-corrected chi connectivity index (χ4v) is 1.91. The standard InChI is InChI=1S/C11H17N3/c1-9-7-12-8-11(14(9)2)10-5-3-4-6-13-10/h3-6,9,11-12H,7-8H2,1-2H3/t9-,11?/m1/s1. The summed E-state index contributed by atoms with van der Waals surface area (Å²) < 4.78 is 0. The minimum Gasteiger partial charge on any atom is -0.313 e. The maximum atomic E-state index is 4.41. The summed E-state index contributed by atoms with van der Waals surface area (Å²) in [5.41, 5.74) is 1.16. The molecule has 3 heteroatoms. The summed E-state index contributed by atoms with van der Waals surface area (Å²) in [6.07, 6.45) is 1.86. The Hall–Kier alpha value is -0.930. The van der Waals surface area contributed by atoms with Gasteiger partial charge in [0.05, 0.1) is 11.7 Å². The van der Waals surface area contributed by atoms with Crippen molar-refractivity contribution in [3.05, 3.63) is 30.1 Å². The number of nitrogens with zero attached hydrogens (tertiary/aromatic N) is 2. The van der Waals surface area contributed by atoms with E-state index in [2.05, 4.69) is 41.3 Å². The van der Waals surface area contributed by atoms with E-state index >= 15 is 0 Å². The second kappa shape index (κ2) is 4.07. The summed E-state index contributed by atoms with van der Waals surface area (Å²) in [6, 6.07) is 7.11. The van der Waals surface area contributed by atoms with Crippen molar-refractivity contribution in [2.24, 2.45) is 0 Å². The van der Waals surface area contributed by atoms with E-state index in [4.69, 9.17) is 0 Å². The van der Waals surface area contributed by atoms with Crippen LogP contribution in [0.5, 0.6) is 0 Å². The summed E-state index contributed by atoms with van der Waals surface area (Å²) >= 11 is 0. The number of hydrogen-bond donors (Lipinski definition) is 1. The predicted molar refractivity (Wildman–Crippen MR) is 57.1 cm³/mol. The van der Waals surface area contributed by atoms with Gasteiger partial charge in [-0.2, -0.15) is 0 Å². The van der Waals surface area contributed by atoms with Crippen molar-refractivity contribution in [3.63, 3.8) is 0 Å². The van der Waals surface area contributed by atoms with Crippen molar-refractivity contribution in [2.45, 2.75) is 19.0 Å². The summed E-state index contributed by atoms with van der Waals surface area (Å²) in [7, 11) is 2.17. The molecule has 1 aliphatic heterocycles. The molecule has 0 spiro atoms. The lowest BCUT2D eigenvalue weighted by Gasteiger charge is -2.37. The zero-order valence-electron chi connectivity index (χ0n) is 8.77. The molecule has 0 aromatic carbocycles. The van der Waals surface area contributed by atoms with Crippen molar-refractivity contribution in [1.82, 2.24) is 15.2 Å². The minimum absolute atomic E-state index is 0.417. The largest absolute Gasteiger partial charge is 0.313 e. The molecule has 2 rings (SSSR count). The van der Waals surface area contributed by atoms with Gasteiger partial charge in [-0.25, -0.2) is 0 Å². The van der Waals surface area contributed by atoms with Crippen LogP contribution in [0, 0.1) is 0 Å². The number of piperazine rings is 1. The summed E-state index contributed by atoms with van der Waals surface area (Å²) in [5, 5.41) is 3.43. The average molecular weight is 191 g/mol. The molecule has 0 bridgehead atoms. The highest BCUT2D eigenvalue weighted by Crippen LogP contribution is 2.20. The van der Waals surface area contributed by atoms with Crippen molar-refractivity contribution < 1.29 is 0 Å². The van der Waals surface area contributed by atoms with Gasteiger partial charge in [0.2, 0.25) is 0 Å². The van der Waals surface area contributed by atoms with Gasteiger partial charge in [0.25, 0.3) is 0 Å². The van der Waals surface area contributed by atoms with Crippen LogP contribution in [0.2, 0.25) is 0 Å². The van der Waals surface area contributed by atoms with Crippen molar-refractivity contribution in [1.29, 1.82) is 0 Å². The lowest BCUT2D eigenvalue weighted by Crippen LogP contribution is -2.49. The van der Waals surface area contributed by atoms with E-state index in [9.17, 15) is 0 Å². The van der Waals surface area contributed by atoms with Crippen molar-refractivity contribution in [2.75, 3.05) is 20.1 Å². The first kappa shape index (κ1) is 9.62. The highest BCUT2D eigenvalue weighted by molar-refractivity contribution is 5.10. The zero-order valence-corrected chi connectivity index (χ0v) is 8.77. The normalized spacial score (nSPS) is 29.0. The Labute approximate surface area is 85.1 Å². The summed E-state index contributed by atoms with van der Waals surface area (Å²) in [5.74, 6) is 0. The van der Waals surface area contributed by atoms with E-state index in [1.165, 1.54) is 0 Å². The Morgan fingerprint density at radius 1 is 1.43 bits per heavy atom. The number of rotatable bonds is 1. The van der Waals surface area contributed by atoms with Crippen LogP contribution in [0.15, 0.2) is 24.4 Å². The molecule has 1 saturated heterocycles. The molecule has 1 N–H and O–H groups in total. The van der Waals surface area contributed by atoms with E-state index in [0.717, 1.165) is 18.8 Å². The topological polar surface area (TPSA) is 28.2 Å². The molecule has 1 fully saturated rings. The van der Waals surface area contributed by atoms with Gasteiger partial charge in [-0.3, -0.25) is 9.88 Å². The van der Waals surface area contributed by atoms with Crippen LogP contribution in [0.4, 0.5) is 0 Å².